The number of hydrogen-bond donors (Lipinski definition) is 0. The van der Waals surface area contributed by atoms with Gasteiger partial charge in [0.1, 0.15) is 0 Å². The van der Waals surface area contributed by atoms with Crippen molar-refractivity contribution in [2.24, 2.45) is 0 Å². The molecule has 162 valence electrons. The van der Waals surface area contributed by atoms with Crippen molar-refractivity contribution in [3.63, 3.8) is 0 Å². The minimum atomic E-state index is -0.590. The second kappa shape index (κ2) is 9.96. The Hall–Kier alpha value is -3.86. The van der Waals surface area contributed by atoms with Crippen LogP contribution in [-0.4, -0.2) is 23.4 Å². The number of unbranched alkanes of at least 4 members (excludes halogenated alkanes) is 2. The number of carbonyl (C=O) groups excluding carboxylic acids is 2. The van der Waals surface area contributed by atoms with Gasteiger partial charge in [0.2, 0.25) is 0 Å². The topological polar surface area (TPSA) is 49.9 Å². The Morgan fingerprint density at radius 2 is 1.34 bits per heavy atom. The second-order valence-electron chi connectivity index (χ2n) is 7.64. The number of benzene rings is 3. The van der Waals surface area contributed by atoms with Crippen LogP contribution in [0.4, 0.5) is 21.9 Å². The molecule has 32 heavy (non-hydrogen) atoms. The monoisotopic (exact) mass is 426 g/mol. The molecule has 1 saturated heterocycles. The Morgan fingerprint density at radius 1 is 0.781 bits per heavy atom. The summed E-state index contributed by atoms with van der Waals surface area (Å²) >= 11 is 0. The SMILES string of the molecule is CCCCCN1C(=O)OC(=Cc2ccc(N(c3ccccc3)c3ccccc3)cc2)C1=O. The van der Waals surface area contributed by atoms with E-state index < -0.39 is 6.09 Å². The predicted octanol–water partition coefficient (Wildman–Crippen LogP) is 6.67. The molecule has 5 heteroatoms. The molecular formula is C27H26N2O3. The van der Waals surface area contributed by atoms with Gasteiger partial charge in [-0.15, -0.1) is 0 Å². The fourth-order valence-electron chi connectivity index (χ4n) is 3.69. The molecule has 1 fully saturated rings. The van der Waals surface area contributed by atoms with Gasteiger partial charge in [-0.05, 0) is 54.5 Å². The molecule has 0 spiro atoms. The van der Waals surface area contributed by atoms with Crippen molar-refractivity contribution in [1.29, 1.82) is 0 Å². The zero-order valence-electron chi connectivity index (χ0n) is 18.1. The highest BCUT2D eigenvalue weighted by molar-refractivity contribution is 6.09. The number of carbonyl (C=O) groups is 2. The normalized spacial score (nSPS) is 14.7. The van der Waals surface area contributed by atoms with Crippen molar-refractivity contribution < 1.29 is 14.3 Å². The lowest BCUT2D eigenvalue weighted by molar-refractivity contribution is -0.123. The highest BCUT2D eigenvalue weighted by atomic mass is 16.6. The van der Waals surface area contributed by atoms with Crippen LogP contribution in [0.3, 0.4) is 0 Å². The zero-order chi connectivity index (χ0) is 22.3. The van der Waals surface area contributed by atoms with E-state index in [4.69, 9.17) is 4.74 Å². The minimum absolute atomic E-state index is 0.0715. The first kappa shape index (κ1) is 21.4. The van der Waals surface area contributed by atoms with Crippen LogP contribution in [0.1, 0.15) is 31.7 Å². The average Bonchev–Trinajstić information content (AvgIpc) is 3.09. The maximum atomic E-state index is 12.6. The van der Waals surface area contributed by atoms with Gasteiger partial charge < -0.3 is 9.64 Å². The molecule has 4 rings (SSSR count). The molecule has 0 unspecified atom stereocenters. The number of hydrogen-bond acceptors (Lipinski definition) is 4. The number of amides is 2. The van der Waals surface area contributed by atoms with Gasteiger partial charge in [0.25, 0.3) is 5.91 Å². The molecule has 3 aromatic carbocycles. The summed E-state index contributed by atoms with van der Waals surface area (Å²) in [6, 6.07) is 28.1. The van der Waals surface area contributed by atoms with E-state index in [0.717, 1.165) is 41.9 Å². The molecular weight excluding hydrogens is 400 g/mol. The summed E-state index contributed by atoms with van der Waals surface area (Å²) in [5.74, 6) is -0.299. The number of para-hydroxylation sites is 2. The summed E-state index contributed by atoms with van der Waals surface area (Å²) in [6.07, 6.45) is 3.81. The van der Waals surface area contributed by atoms with E-state index in [0.29, 0.717) is 6.54 Å². The lowest BCUT2D eigenvalue weighted by atomic mass is 10.1. The molecule has 0 aliphatic carbocycles. The van der Waals surface area contributed by atoms with Crippen LogP contribution in [0.2, 0.25) is 0 Å². The first-order valence-corrected chi connectivity index (χ1v) is 10.9. The number of nitrogens with zero attached hydrogens (tertiary/aromatic N) is 2. The van der Waals surface area contributed by atoms with Gasteiger partial charge in [-0.1, -0.05) is 68.3 Å². The molecule has 0 aromatic heterocycles. The number of rotatable bonds is 8. The Balaban J connectivity index is 1.57. The standard InChI is InChI=1S/C27H26N2O3/c1-2-3-10-19-28-26(30)25(32-27(28)31)20-21-15-17-24(18-16-21)29(22-11-6-4-7-12-22)23-13-8-5-9-14-23/h4-9,11-18,20H,2-3,10,19H2,1H3. The van der Waals surface area contributed by atoms with Gasteiger partial charge in [-0.2, -0.15) is 0 Å². The van der Waals surface area contributed by atoms with Crippen molar-refractivity contribution in [3.8, 4) is 0 Å². The van der Waals surface area contributed by atoms with Crippen LogP contribution in [-0.2, 0) is 9.53 Å². The van der Waals surface area contributed by atoms with E-state index >= 15 is 0 Å². The van der Waals surface area contributed by atoms with Crippen molar-refractivity contribution in [2.75, 3.05) is 11.4 Å². The molecule has 1 aliphatic heterocycles. The Labute approximate surface area is 188 Å². The quantitative estimate of drug-likeness (QED) is 0.298. The third-order valence-corrected chi connectivity index (χ3v) is 5.34. The van der Waals surface area contributed by atoms with Crippen LogP contribution >= 0.6 is 0 Å². The van der Waals surface area contributed by atoms with E-state index in [1.807, 2.05) is 60.7 Å². The van der Waals surface area contributed by atoms with Crippen LogP contribution in [0, 0.1) is 0 Å². The molecule has 0 saturated carbocycles. The highest BCUT2D eigenvalue weighted by Gasteiger charge is 2.35. The number of imide groups is 1. The number of ether oxygens (including phenoxy) is 1. The van der Waals surface area contributed by atoms with E-state index in [-0.39, 0.29) is 11.7 Å². The van der Waals surface area contributed by atoms with Crippen molar-refractivity contribution in [2.45, 2.75) is 26.2 Å². The first-order chi connectivity index (χ1) is 15.7. The van der Waals surface area contributed by atoms with E-state index in [1.54, 1.807) is 6.08 Å². The Bertz CT molecular complexity index is 1050. The Kier molecular flexibility index (Phi) is 6.66. The third-order valence-electron chi connectivity index (χ3n) is 5.34. The fourth-order valence-corrected chi connectivity index (χ4v) is 3.69. The largest absolute Gasteiger partial charge is 0.422 e. The highest BCUT2D eigenvalue weighted by Crippen LogP contribution is 2.34. The van der Waals surface area contributed by atoms with E-state index in [9.17, 15) is 9.59 Å². The summed E-state index contributed by atoms with van der Waals surface area (Å²) in [5.41, 5.74) is 3.88. The van der Waals surface area contributed by atoms with Gasteiger partial charge in [0.05, 0.1) is 0 Å². The molecule has 0 N–H and O–H groups in total. The average molecular weight is 427 g/mol. The van der Waals surface area contributed by atoms with Crippen LogP contribution < -0.4 is 4.90 Å². The van der Waals surface area contributed by atoms with Crippen molar-refractivity contribution >= 4 is 35.1 Å². The van der Waals surface area contributed by atoms with Gasteiger partial charge in [0.15, 0.2) is 5.76 Å². The minimum Gasteiger partial charge on any atom is -0.404 e. The molecule has 5 nitrogen and oxygen atoms in total. The summed E-state index contributed by atoms with van der Waals surface area (Å²) < 4.78 is 5.23. The number of anilines is 3. The molecule has 0 atom stereocenters. The third kappa shape index (κ3) is 4.72. The lowest BCUT2D eigenvalue weighted by Crippen LogP contribution is -2.29. The fraction of sp³-hybridized carbons (Fsp3) is 0.185. The lowest BCUT2D eigenvalue weighted by Gasteiger charge is -2.25. The predicted molar refractivity (Wildman–Crippen MR) is 127 cm³/mol. The van der Waals surface area contributed by atoms with E-state index in [2.05, 4.69) is 36.1 Å². The molecule has 0 bridgehead atoms. The maximum absolute atomic E-state index is 12.6. The molecule has 1 heterocycles. The molecule has 3 aromatic rings. The second-order valence-corrected chi connectivity index (χ2v) is 7.64. The van der Waals surface area contributed by atoms with E-state index in [1.165, 1.54) is 4.90 Å². The van der Waals surface area contributed by atoms with Crippen LogP contribution in [0.5, 0.6) is 0 Å². The Morgan fingerprint density at radius 3 is 1.91 bits per heavy atom. The van der Waals surface area contributed by atoms with Gasteiger partial charge >= 0.3 is 6.09 Å². The first-order valence-electron chi connectivity index (χ1n) is 10.9. The summed E-state index contributed by atoms with van der Waals surface area (Å²) in [6.45, 7) is 2.47. The summed E-state index contributed by atoms with van der Waals surface area (Å²) in [7, 11) is 0. The van der Waals surface area contributed by atoms with Crippen LogP contribution in [0.25, 0.3) is 6.08 Å². The summed E-state index contributed by atoms with van der Waals surface area (Å²) in [5, 5.41) is 0. The van der Waals surface area contributed by atoms with Crippen molar-refractivity contribution in [3.05, 3.63) is 96.3 Å². The molecule has 1 aliphatic rings. The smallest absolute Gasteiger partial charge is 0.404 e. The molecule has 0 radical (unpaired) electrons. The number of cyclic esters (lactones) is 1. The zero-order valence-corrected chi connectivity index (χ0v) is 18.1. The summed E-state index contributed by atoms with van der Waals surface area (Å²) in [4.78, 5) is 28.0. The molecule has 2 amide bonds. The van der Waals surface area contributed by atoms with Gasteiger partial charge in [0, 0.05) is 23.6 Å². The van der Waals surface area contributed by atoms with Crippen LogP contribution in [0.15, 0.2) is 90.7 Å². The maximum Gasteiger partial charge on any atom is 0.422 e. The van der Waals surface area contributed by atoms with Gasteiger partial charge in [-0.3, -0.25) is 4.79 Å². The van der Waals surface area contributed by atoms with Gasteiger partial charge in [-0.25, -0.2) is 9.69 Å². The van der Waals surface area contributed by atoms with Crippen molar-refractivity contribution in [1.82, 2.24) is 4.90 Å².